The minimum absolute atomic E-state index is 0.00853. The number of nitriles is 2. The van der Waals surface area contributed by atoms with Crippen molar-refractivity contribution >= 4 is 21.6 Å². The molecule has 0 bridgehead atoms. The summed E-state index contributed by atoms with van der Waals surface area (Å²) in [5.74, 6) is -0.00853. The molecular weight excluding hydrogens is 298 g/mol. The normalized spacial score (nSPS) is 9.89. The quantitative estimate of drug-likeness (QED) is 0.632. The highest BCUT2D eigenvalue weighted by molar-refractivity contribution is 9.10. The summed E-state index contributed by atoms with van der Waals surface area (Å²) < 4.78 is 0.351. The van der Waals surface area contributed by atoms with Crippen molar-refractivity contribution in [3.05, 3.63) is 37.3 Å². The highest BCUT2D eigenvalue weighted by Crippen LogP contribution is 2.36. The minimum atomic E-state index is -0.523. The fraction of sp³-hybridized carbons (Fsp3) is 0.333. The molecule has 0 atom stereocenters. The van der Waals surface area contributed by atoms with Crippen LogP contribution < -0.4 is 0 Å². The van der Waals surface area contributed by atoms with Crippen LogP contribution in [0.15, 0.2) is 10.5 Å². The molecule has 0 fully saturated rings. The van der Waals surface area contributed by atoms with Gasteiger partial charge < -0.3 is 0 Å². The van der Waals surface area contributed by atoms with Crippen molar-refractivity contribution in [3.63, 3.8) is 0 Å². The molecule has 0 aliphatic carbocycles. The lowest BCUT2D eigenvalue weighted by Crippen LogP contribution is -2.03. The molecule has 6 heteroatoms. The maximum atomic E-state index is 11.0. The summed E-state index contributed by atoms with van der Waals surface area (Å²) in [7, 11) is 0. The van der Waals surface area contributed by atoms with E-state index in [0.717, 1.165) is 0 Å². The molecule has 0 saturated carbocycles. The Labute approximate surface area is 113 Å². The van der Waals surface area contributed by atoms with Crippen LogP contribution >= 0.6 is 15.9 Å². The lowest BCUT2D eigenvalue weighted by Gasteiger charge is -2.12. The summed E-state index contributed by atoms with van der Waals surface area (Å²) in [6.45, 7) is 3.71. The van der Waals surface area contributed by atoms with Gasteiger partial charge in [-0.3, -0.25) is 10.1 Å². The van der Waals surface area contributed by atoms with E-state index in [4.69, 9.17) is 10.5 Å². The number of hydrogen-bond donors (Lipinski definition) is 0. The van der Waals surface area contributed by atoms with Crippen LogP contribution in [0.5, 0.6) is 0 Å². The minimum Gasteiger partial charge on any atom is -0.258 e. The Hall–Kier alpha value is -1.92. The van der Waals surface area contributed by atoms with Gasteiger partial charge in [0.15, 0.2) is 0 Å². The molecule has 0 aliphatic rings. The smallest absolute Gasteiger partial charge is 0.258 e. The van der Waals surface area contributed by atoms with Crippen LogP contribution in [-0.2, 0) is 6.42 Å². The second-order valence-electron chi connectivity index (χ2n) is 4.01. The molecule has 0 spiro atoms. The number of benzene rings is 1. The van der Waals surface area contributed by atoms with Crippen LogP contribution in [0.4, 0.5) is 5.69 Å². The monoisotopic (exact) mass is 307 g/mol. The van der Waals surface area contributed by atoms with Gasteiger partial charge in [0.2, 0.25) is 0 Å². The van der Waals surface area contributed by atoms with Crippen molar-refractivity contribution in [1.82, 2.24) is 0 Å². The van der Waals surface area contributed by atoms with Gasteiger partial charge in [0, 0.05) is 10.5 Å². The standard InChI is InChI=1S/C12H10BrN3O2/c1-7(2)9-5-11(16(17)18)8(3-4-14)12(13)10(9)6-15/h5,7H,3H2,1-2H3. The number of nitrogens with zero attached hydrogens (tertiary/aromatic N) is 3. The van der Waals surface area contributed by atoms with Crippen molar-refractivity contribution in [2.45, 2.75) is 26.2 Å². The maximum absolute atomic E-state index is 11.0. The van der Waals surface area contributed by atoms with E-state index in [1.807, 2.05) is 26.0 Å². The lowest BCUT2D eigenvalue weighted by molar-refractivity contribution is -0.385. The van der Waals surface area contributed by atoms with Gasteiger partial charge in [-0.2, -0.15) is 10.5 Å². The van der Waals surface area contributed by atoms with Crippen LogP contribution in [0.2, 0.25) is 0 Å². The topological polar surface area (TPSA) is 90.7 Å². The molecule has 0 aromatic heterocycles. The molecule has 0 radical (unpaired) electrons. The zero-order chi connectivity index (χ0) is 13.9. The molecule has 0 N–H and O–H groups in total. The Morgan fingerprint density at radius 1 is 1.50 bits per heavy atom. The molecule has 5 nitrogen and oxygen atoms in total. The van der Waals surface area contributed by atoms with Gasteiger partial charge in [0.1, 0.15) is 6.07 Å². The van der Waals surface area contributed by atoms with E-state index < -0.39 is 4.92 Å². The Balaban J connectivity index is 3.70. The third-order valence-corrected chi connectivity index (χ3v) is 3.44. The predicted octanol–water partition coefficient (Wildman–Crippen LogP) is 3.42. The van der Waals surface area contributed by atoms with E-state index in [-0.39, 0.29) is 23.6 Å². The van der Waals surface area contributed by atoms with Gasteiger partial charge >= 0.3 is 0 Å². The molecule has 0 aliphatic heterocycles. The van der Waals surface area contributed by atoms with Crippen molar-refractivity contribution in [2.24, 2.45) is 0 Å². The van der Waals surface area contributed by atoms with Crippen molar-refractivity contribution in [3.8, 4) is 12.1 Å². The Kier molecular flexibility index (Phi) is 4.41. The summed E-state index contributed by atoms with van der Waals surface area (Å²) in [5.41, 5.74) is 1.10. The van der Waals surface area contributed by atoms with Gasteiger partial charge in [-0.1, -0.05) is 13.8 Å². The fourth-order valence-corrected chi connectivity index (χ4v) is 2.34. The Morgan fingerprint density at radius 2 is 2.11 bits per heavy atom. The third kappa shape index (κ3) is 2.49. The summed E-state index contributed by atoms with van der Waals surface area (Å²) in [5, 5.41) is 28.9. The van der Waals surface area contributed by atoms with E-state index in [1.165, 1.54) is 6.07 Å². The molecule has 1 aromatic rings. The zero-order valence-corrected chi connectivity index (χ0v) is 11.5. The Morgan fingerprint density at radius 3 is 2.50 bits per heavy atom. The molecule has 0 amide bonds. The van der Waals surface area contributed by atoms with Crippen LogP contribution in [0.25, 0.3) is 0 Å². The van der Waals surface area contributed by atoms with E-state index in [2.05, 4.69) is 15.9 Å². The molecule has 0 heterocycles. The van der Waals surface area contributed by atoms with Crippen molar-refractivity contribution in [1.29, 1.82) is 10.5 Å². The number of rotatable bonds is 3. The SMILES string of the molecule is CC(C)c1cc([N+](=O)[O-])c(CC#N)c(Br)c1C#N. The number of halogens is 1. The van der Waals surface area contributed by atoms with E-state index in [9.17, 15) is 10.1 Å². The summed E-state index contributed by atoms with van der Waals surface area (Å²) in [4.78, 5) is 10.5. The predicted molar refractivity (Wildman–Crippen MR) is 68.9 cm³/mol. The van der Waals surface area contributed by atoms with Crippen LogP contribution in [0.3, 0.4) is 0 Å². The van der Waals surface area contributed by atoms with E-state index >= 15 is 0 Å². The summed E-state index contributed by atoms with van der Waals surface area (Å²) in [6.07, 6.45) is -0.107. The molecule has 0 unspecified atom stereocenters. The maximum Gasteiger partial charge on any atom is 0.275 e. The Bertz CT molecular complexity index is 582. The molecular formula is C12H10BrN3O2. The number of hydrogen-bond acceptors (Lipinski definition) is 4. The summed E-state index contributed by atoms with van der Waals surface area (Å²) >= 11 is 3.20. The van der Waals surface area contributed by atoms with E-state index in [0.29, 0.717) is 15.6 Å². The van der Waals surface area contributed by atoms with E-state index in [1.54, 1.807) is 0 Å². The first-order valence-corrected chi connectivity index (χ1v) is 6.00. The number of nitro groups is 1. The molecule has 0 saturated heterocycles. The second kappa shape index (κ2) is 5.61. The average molecular weight is 308 g/mol. The largest absolute Gasteiger partial charge is 0.275 e. The van der Waals surface area contributed by atoms with Crippen LogP contribution in [-0.4, -0.2) is 4.92 Å². The van der Waals surface area contributed by atoms with Crippen molar-refractivity contribution < 1.29 is 4.92 Å². The first-order valence-electron chi connectivity index (χ1n) is 5.20. The molecule has 92 valence electrons. The molecule has 1 aromatic carbocycles. The fourth-order valence-electron chi connectivity index (χ4n) is 1.68. The summed E-state index contributed by atoms with van der Waals surface area (Å²) in [6, 6.07) is 5.30. The second-order valence-corrected chi connectivity index (χ2v) is 4.80. The van der Waals surface area contributed by atoms with Gasteiger partial charge in [0.05, 0.1) is 28.5 Å². The van der Waals surface area contributed by atoms with Crippen LogP contribution in [0.1, 0.15) is 36.5 Å². The van der Waals surface area contributed by atoms with Gasteiger partial charge in [-0.05, 0) is 27.4 Å². The molecule has 1 rings (SSSR count). The van der Waals surface area contributed by atoms with Gasteiger partial charge in [-0.15, -0.1) is 0 Å². The zero-order valence-electron chi connectivity index (χ0n) is 9.90. The highest BCUT2D eigenvalue weighted by Gasteiger charge is 2.24. The molecule has 18 heavy (non-hydrogen) atoms. The highest BCUT2D eigenvalue weighted by atomic mass is 79.9. The third-order valence-electron chi connectivity index (χ3n) is 2.56. The first kappa shape index (κ1) is 14.1. The van der Waals surface area contributed by atoms with Gasteiger partial charge in [0.25, 0.3) is 5.69 Å². The van der Waals surface area contributed by atoms with Gasteiger partial charge in [-0.25, -0.2) is 0 Å². The van der Waals surface area contributed by atoms with Crippen LogP contribution in [0, 0.1) is 32.8 Å². The number of nitro benzene ring substituents is 1. The average Bonchev–Trinajstić information content (AvgIpc) is 2.30. The lowest BCUT2D eigenvalue weighted by atomic mass is 9.94. The first-order chi connectivity index (χ1) is 8.43. The van der Waals surface area contributed by atoms with Crippen molar-refractivity contribution in [2.75, 3.05) is 0 Å².